The fraction of sp³-hybridized carbons (Fsp3) is 0.417. The SMILES string of the molecule is Cc1cc(CN2CCc3cnc(=S)[nH]c3C2)no1. The largest absolute Gasteiger partial charge is 0.361 e. The molecule has 5 nitrogen and oxygen atoms in total. The second kappa shape index (κ2) is 4.62. The standard InChI is InChI=1S/C12H14N4OS/c1-8-4-10(15-17-8)6-16-3-2-9-5-13-12(18)14-11(9)7-16/h4-5H,2-3,6-7H2,1H3,(H,13,14,18). The Morgan fingerprint density at radius 1 is 1.56 bits per heavy atom. The van der Waals surface area contributed by atoms with E-state index in [0.717, 1.165) is 37.5 Å². The summed E-state index contributed by atoms with van der Waals surface area (Å²) < 4.78 is 5.63. The summed E-state index contributed by atoms with van der Waals surface area (Å²) in [6, 6.07) is 1.98. The molecule has 0 aromatic carbocycles. The van der Waals surface area contributed by atoms with Crippen LogP contribution in [-0.2, 0) is 19.5 Å². The van der Waals surface area contributed by atoms with Gasteiger partial charge >= 0.3 is 0 Å². The molecule has 18 heavy (non-hydrogen) atoms. The Kier molecular flexibility index (Phi) is 2.97. The highest BCUT2D eigenvalue weighted by molar-refractivity contribution is 7.71. The lowest BCUT2D eigenvalue weighted by molar-refractivity contribution is 0.233. The Labute approximate surface area is 110 Å². The molecular weight excluding hydrogens is 248 g/mol. The summed E-state index contributed by atoms with van der Waals surface area (Å²) in [5.74, 6) is 0.853. The molecule has 2 aromatic rings. The topological polar surface area (TPSA) is 58.0 Å². The van der Waals surface area contributed by atoms with Gasteiger partial charge in [-0.3, -0.25) is 4.90 Å². The molecular formula is C12H14N4OS. The van der Waals surface area contributed by atoms with Gasteiger partial charge in [-0.1, -0.05) is 5.16 Å². The molecule has 0 unspecified atom stereocenters. The van der Waals surface area contributed by atoms with Gasteiger partial charge in [-0.15, -0.1) is 0 Å². The number of hydrogen-bond acceptors (Lipinski definition) is 5. The summed E-state index contributed by atoms with van der Waals surface area (Å²) in [5, 5.41) is 4.02. The van der Waals surface area contributed by atoms with Crippen molar-refractivity contribution in [2.24, 2.45) is 0 Å². The molecule has 6 heteroatoms. The lowest BCUT2D eigenvalue weighted by Gasteiger charge is -2.27. The van der Waals surface area contributed by atoms with Crippen molar-refractivity contribution in [2.45, 2.75) is 26.4 Å². The predicted molar refractivity (Wildman–Crippen MR) is 68.5 cm³/mol. The average Bonchev–Trinajstić information content (AvgIpc) is 2.74. The second-order valence-electron chi connectivity index (χ2n) is 4.58. The van der Waals surface area contributed by atoms with E-state index < -0.39 is 0 Å². The zero-order valence-corrected chi connectivity index (χ0v) is 11.0. The third kappa shape index (κ3) is 2.34. The Morgan fingerprint density at radius 3 is 3.22 bits per heavy atom. The number of aromatic amines is 1. The third-order valence-electron chi connectivity index (χ3n) is 3.12. The van der Waals surface area contributed by atoms with Crippen LogP contribution in [0.3, 0.4) is 0 Å². The van der Waals surface area contributed by atoms with Crippen molar-refractivity contribution in [3.8, 4) is 0 Å². The van der Waals surface area contributed by atoms with Gasteiger partial charge in [0.05, 0.1) is 5.69 Å². The first kappa shape index (κ1) is 11.6. The van der Waals surface area contributed by atoms with Crippen LogP contribution < -0.4 is 0 Å². The first-order valence-corrected chi connectivity index (χ1v) is 6.33. The number of fused-ring (bicyclic) bond motifs is 1. The fourth-order valence-electron chi connectivity index (χ4n) is 2.25. The van der Waals surface area contributed by atoms with E-state index in [1.54, 1.807) is 0 Å². The Hall–Kier alpha value is -1.53. The summed E-state index contributed by atoms with van der Waals surface area (Å²) in [5.41, 5.74) is 3.40. The number of H-pyrrole nitrogens is 1. The maximum Gasteiger partial charge on any atom is 0.196 e. The lowest BCUT2D eigenvalue weighted by atomic mass is 10.1. The van der Waals surface area contributed by atoms with Crippen LogP contribution in [0.4, 0.5) is 0 Å². The van der Waals surface area contributed by atoms with Gasteiger partial charge in [0.2, 0.25) is 0 Å². The van der Waals surface area contributed by atoms with E-state index >= 15 is 0 Å². The highest BCUT2D eigenvalue weighted by Gasteiger charge is 2.18. The summed E-state index contributed by atoms with van der Waals surface area (Å²) in [6.07, 6.45) is 2.87. The van der Waals surface area contributed by atoms with Gasteiger partial charge in [0, 0.05) is 37.6 Å². The average molecular weight is 262 g/mol. The molecule has 0 bridgehead atoms. The van der Waals surface area contributed by atoms with Crippen molar-refractivity contribution in [1.82, 2.24) is 20.0 Å². The number of hydrogen-bond donors (Lipinski definition) is 1. The molecule has 0 amide bonds. The molecule has 1 aliphatic rings. The van der Waals surface area contributed by atoms with E-state index in [4.69, 9.17) is 16.7 Å². The lowest BCUT2D eigenvalue weighted by Crippen LogP contribution is -2.31. The molecule has 3 rings (SSSR count). The van der Waals surface area contributed by atoms with E-state index in [1.807, 2.05) is 19.2 Å². The monoisotopic (exact) mass is 262 g/mol. The maximum absolute atomic E-state index is 5.08. The van der Waals surface area contributed by atoms with Crippen LogP contribution in [-0.4, -0.2) is 26.6 Å². The van der Waals surface area contributed by atoms with Crippen molar-refractivity contribution >= 4 is 12.2 Å². The predicted octanol–water partition coefficient (Wildman–Crippen LogP) is 1.99. The smallest absolute Gasteiger partial charge is 0.196 e. The van der Waals surface area contributed by atoms with Crippen molar-refractivity contribution in [3.05, 3.63) is 39.7 Å². The van der Waals surface area contributed by atoms with Crippen LogP contribution in [0.5, 0.6) is 0 Å². The molecule has 1 aliphatic heterocycles. The zero-order valence-electron chi connectivity index (χ0n) is 10.1. The molecule has 0 saturated heterocycles. The van der Waals surface area contributed by atoms with Crippen LogP contribution >= 0.6 is 12.2 Å². The van der Waals surface area contributed by atoms with Gasteiger partial charge in [-0.05, 0) is 31.1 Å². The van der Waals surface area contributed by atoms with Crippen LogP contribution in [0, 0.1) is 11.7 Å². The highest BCUT2D eigenvalue weighted by Crippen LogP contribution is 2.17. The summed E-state index contributed by atoms with van der Waals surface area (Å²) in [4.78, 5) is 9.61. The van der Waals surface area contributed by atoms with Crippen molar-refractivity contribution in [3.63, 3.8) is 0 Å². The Bertz CT molecular complexity index is 619. The molecule has 0 aliphatic carbocycles. The first-order chi connectivity index (χ1) is 8.70. The molecule has 2 aromatic heterocycles. The van der Waals surface area contributed by atoms with E-state index in [2.05, 4.69) is 20.0 Å². The van der Waals surface area contributed by atoms with Gasteiger partial charge in [-0.2, -0.15) is 0 Å². The van der Waals surface area contributed by atoms with Gasteiger partial charge in [0.15, 0.2) is 4.77 Å². The molecule has 0 atom stereocenters. The third-order valence-corrected chi connectivity index (χ3v) is 3.33. The summed E-state index contributed by atoms with van der Waals surface area (Å²) in [6.45, 7) is 4.57. The van der Waals surface area contributed by atoms with Crippen LogP contribution in [0.1, 0.15) is 22.7 Å². The Morgan fingerprint density at radius 2 is 2.44 bits per heavy atom. The fourth-order valence-corrected chi connectivity index (χ4v) is 2.43. The summed E-state index contributed by atoms with van der Waals surface area (Å²) in [7, 11) is 0. The van der Waals surface area contributed by atoms with Gasteiger partial charge in [0.25, 0.3) is 0 Å². The van der Waals surface area contributed by atoms with Crippen molar-refractivity contribution < 1.29 is 4.52 Å². The normalized spacial score (nSPS) is 15.6. The first-order valence-electron chi connectivity index (χ1n) is 5.92. The van der Waals surface area contributed by atoms with Crippen molar-refractivity contribution in [2.75, 3.05) is 6.54 Å². The minimum atomic E-state index is 0.549. The molecule has 0 spiro atoms. The number of aromatic nitrogens is 3. The second-order valence-corrected chi connectivity index (χ2v) is 4.97. The van der Waals surface area contributed by atoms with Crippen LogP contribution in [0.25, 0.3) is 0 Å². The Balaban J connectivity index is 1.76. The van der Waals surface area contributed by atoms with E-state index in [-0.39, 0.29) is 0 Å². The zero-order chi connectivity index (χ0) is 12.5. The van der Waals surface area contributed by atoms with Crippen LogP contribution in [0.2, 0.25) is 0 Å². The van der Waals surface area contributed by atoms with Gasteiger partial charge in [0.1, 0.15) is 5.76 Å². The molecule has 94 valence electrons. The highest BCUT2D eigenvalue weighted by atomic mass is 32.1. The number of nitrogens with zero attached hydrogens (tertiary/aromatic N) is 3. The minimum absolute atomic E-state index is 0.549. The number of aryl methyl sites for hydroxylation is 1. The molecule has 0 fully saturated rings. The molecule has 0 saturated carbocycles. The molecule has 3 heterocycles. The van der Waals surface area contributed by atoms with E-state index in [9.17, 15) is 0 Å². The van der Waals surface area contributed by atoms with Gasteiger partial charge < -0.3 is 9.51 Å². The van der Waals surface area contributed by atoms with E-state index in [1.165, 1.54) is 11.3 Å². The number of nitrogens with one attached hydrogen (secondary N) is 1. The summed E-state index contributed by atoms with van der Waals surface area (Å²) >= 11 is 5.06. The maximum atomic E-state index is 5.08. The van der Waals surface area contributed by atoms with Crippen LogP contribution in [0.15, 0.2) is 16.8 Å². The van der Waals surface area contributed by atoms with Gasteiger partial charge in [-0.25, -0.2) is 4.98 Å². The van der Waals surface area contributed by atoms with Crippen molar-refractivity contribution in [1.29, 1.82) is 0 Å². The molecule has 1 N–H and O–H groups in total. The number of rotatable bonds is 2. The van der Waals surface area contributed by atoms with E-state index in [0.29, 0.717) is 4.77 Å². The molecule has 0 radical (unpaired) electrons. The quantitative estimate of drug-likeness (QED) is 0.839. The minimum Gasteiger partial charge on any atom is -0.361 e.